The van der Waals surface area contributed by atoms with Crippen LogP contribution < -0.4 is 5.32 Å². The van der Waals surface area contributed by atoms with Gasteiger partial charge in [-0.3, -0.25) is 10.1 Å². The van der Waals surface area contributed by atoms with Crippen molar-refractivity contribution in [2.24, 2.45) is 0 Å². The highest BCUT2D eigenvalue weighted by atomic mass is 19.1. The Morgan fingerprint density at radius 3 is 2.65 bits per heavy atom. The van der Waals surface area contributed by atoms with Crippen LogP contribution in [-0.4, -0.2) is 4.92 Å². The largest absolute Gasteiger partial charge is 0.373 e. The molecule has 1 atom stereocenters. The Morgan fingerprint density at radius 1 is 1.30 bits per heavy atom. The molecule has 0 spiro atoms. The summed E-state index contributed by atoms with van der Waals surface area (Å²) in [7, 11) is 0. The zero-order chi connectivity index (χ0) is 17.0. The van der Waals surface area contributed by atoms with E-state index in [1.165, 1.54) is 12.1 Å². The predicted molar refractivity (Wildman–Crippen MR) is 80.8 cm³/mol. The number of rotatable bonds is 5. The molecule has 0 aliphatic rings. The minimum atomic E-state index is -0.641. The van der Waals surface area contributed by atoms with Gasteiger partial charge >= 0.3 is 0 Å². The fraction of sp³-hybridized carbons (Fsp3) is 0.188. The zero-order valence-electron chi connectivity index (χ0n) is 12.2. The van der Waals surface area contributed by atoms with Crippen molar-refractivity contribution in [3.63, 3.8) is 0 Å². The van der Waals surface area contributed by atoms with E-state index in [0.29, 0.717) is 6.42 Å². The normalized spacial score (nSPS) is 11.6. The molecule has 1 N–H and O–H groups in total. The summed E-state index contributed by atoms with van der Waals surface area (Å²) in [4.78, 5) is 10.5. The lowest BCUT2D eigenvalue weighted by Crippen LogP contribution is -2.13. The van der Waals surface area contributed by atoms with Crippen molar-refractivity contribution in [2.45, 2.75) is 19.4 Å². The van der Waals surface area contributed by atoms with Crippen LogP contribution in [0.3, 0.4) is 0 Å². The maximum absolute atomic E-state index is 13.9. The number of hydrogen-bond donors (Lipinski definition) is 1. The van der Waals surface area contributed by atoms with Gasteiger partial charge < -0.3 is 5.32 Å². The molecule has 0 heterocycles. The summed E-state index contributed by atoms with van der Waals surface area (Å²) in [6.45, 7) is 1.75. The van der Waals surface area contributed by atoms with Gasteiger partial charge in [-0.2, -0.15) is 5.26 Å². The molecule has 0 aliphatic heterocycles. The van der Waals surface area contributed by atoms with Crippen molar-refractivity contribution in [3.8, 4) is 6.07 Å². The van der Waals surface area contributed by atoms with Crippen LogP contribution in [0.1, 0.15) is 30.5 Å². The van der Waals surface area contributed by atoms with Crippen LogP contribution in [0.5, 0.6) is 0 Å². The molecule has 2 aromatic rings. The lowest BCUT2D eigenvalue weighted by atomic mass is 10.0. The highest BCUT2D eigenvalue weighted by Gasteiger charge is 2.20. The molecule has 2 rings (SSSR count). The summed E-state index contributed by atoms with van der Waals surface area (Å²) in [5.74, 6) is -1.18. The van der Waals surface area contributed by atoms with E-state index in [4.69, 9.17) is 5.26 Å². The minimum Gasteiger partial charge on any atom is -0.373 e. The van der Waals surface area contributed by atoms with E-state index in [1.807, 2.05) is 6.07 Å². The molecule has 5 nitrogen and oxygen atoms in total. The third-order valence-electron chi connectivity index (χ3n) is 3.39. The third-order valence-corrected chi connectivity index (χ3v) is 3.39. The topological polar surface area (TPSA) is 79.0 Å². The lowest BCUT2D eigenvalue weighted by molar-refractivity contribution is -0.384. The summed E-state index contributed by atoms with van der Waals surface area (Å²) in [5, 5.41) is 22.8. The number of anilines is 1. The van der Waals surface area contributed by atoms with Crippen LogP contribution in [0, 0.1) is 33.1 Å². The summed E-state index contributed by atoms with van der Waals surface area (Å²) in [5.41, 5.74) is 0.0854. The van der Waals surface area contributed by atoms with Crippen LogP contribution in [0.4, 0.5) is 20.2 Å². The van der Waals surface area contributed by atoms with Gasteiger partial charge in [0.1, 0.15) is 17.3 Å². The van der Waals surface area contributed by atoms with Gasteiger partial charge in [0, 0.05) is 11.6 Å². The van der Waals surface area contributed by atoms with E-state index < -0.39 is 22.6 Å². The summed E-state index contributed by atoms with van der Waals surface area (Å²) in [6.07, 6.45) is 0.386. The van der Waals surface area contributed by atoms with E-state index in [1.54, 1.807) is 6.92 Å². The second-order valence-corrected chi connectivity index (χ2v) is 4.87. The first-order chi connectivity index (χ1) is 11.0. The number of halogens is 2. The number of nitro benzene ring substituents is 1. The maximum Gasteiger partial charge on any atom is 0.293 e. The molecule has 1 unspecified atom stereocenters. The fourth-order valence-electron chi connectivity index (χ4n) is 2.24. The average Bonchev–Trinajstić information content (AvgIpc) is 2.55. The standard InChI is InChI=1S/C16H13F2N3O2/c1-2-14(12-8-11(17)4-5-13(12)18)20-15-6-3-10(9-19)7-16(15)21(22)23/h3-8,14,20H,2H2,1H3. The summed E-state index contributed by atoms with van der Waals surface area (Å²) >= 11 is 0. The SMILES string of the molecule is CCC(Nc1ccc(C#N)cc1[N+](=O)[O-])c1cc(F)ccc1F. The molecule has 7 heteroatoms. The number of nitriles is 1. The number of benzene rings is 2. The summed E-state index contributed by atoms with van der Waals surface area (Å²) < 4.78 is 27.3. The molecule has 0 radical (unpaired) electrons. The quantitative estimate of drug-likeness (QED) is 0.658. The van der Waals surface area contributed by atoms with Crippen molar-refractivity contribution >= 4 is 11.4 Å². The Bertz CT molecular complexity index is 787. The highest BCUT2D eigenvalue weighted by molar-refractivity contribution is 5.64. The lowest BCUT2D eigenvalue weighted by Gasteiger charge is -2.19. The summed E-state index contributed by atoms with van der Waals surface area (Å²) in [6, 6.07) is 8.21. The minimum absolute atomic E-state index is 0.0890. The molecular formula is C16H13F2N3O2. The van der Waals surface area contributed by atoms with Gasteiger partial charge in [-0.1, -0.05) is 6.92 Å². The van der Waals surface area contributed by atoms with Crippen molar-refractivity contribution < 1.29 is 13.7 Å². The van der Waals surface area contributed by atoms with Crippen LogP contribution in [0.15, 0.2) is 36.4 Å². The molecular weight excluding hydrogens is 304 g/mol. The monoisotopic (exact) mass is 317 g/mol. The van der Waals surface area contributed by atoms with E-state index in [9.17, 15) is 18.9 Å². The average molecular weight is 317 g/mol. The van der Waals surface area contributed by atoms with E-state index in [0.717, 1.165) is 24.3 Å². The van der Waals surface area contributed by atoms with E-state index in [-0.39, 0.29) is 22.5 Å². The second-order valence-electron chi connectivity index (χ2n) is 4.87. The molecule has 23 heavy (non-hydrogen) atoms. The number of nitrogens with zero attached hydrogens (tertiary/aromatic N) is 2. The van der Waals surface area contributed by atoms with Crippen molar-refractivity contribution in [1.82, 2.24) is 0 Å². The van der Waals surface area contributed by atoms with Gasteiger partial charge in [0.05, 0.1) is 22.6 Å². The van der Waals surface area contributed by atoms with E-state index >= 15 is 0 Å². The van der Waals surface area contributed by atoms with Crippen LogP contribution in [0.2, 0.25) is 0 Å². The highest BCUT2D eigenvalue weighted by Crippen LogP contribution is 2.31. The van der Waals surface area contributed by atoms with Gasteiger partial charge in [0.2, 0.25) is 0 Å². The molecule has 0 fully saturated rings. The number of nitro groups is 1. The van der Waals surface area contributed by atoms with E-state index in [2.05, 4.69) is 5.32 Å². The molecule has 118 valence electrons. The van der Waals surface area contributed by atoms with Crippen molar-refractivity contribution in [2.75, 3.05) is 5.32 Å². The third kappa shape index (κ3) is 3.61. The van der Waals surface area contributed by atoms with Crippen molar-refractivity contribution in [3.05, 3.63) is 69.3 Å². The molecule has 0 aliphatic carbocycles. The molecule has 2 aromatic carbocycles. The number of nitrogens with one attached hydrogen (secondary N) is 1. The molecule has 0 saturated heterocycles. The Balaban J connectivity index is 2.41. The van der Waals surface area contributed by atoms with Crippen molar-refractivity contribution in [1.29, 1.82) is 5.26 Å². The zero-order valence-corrected chi connectivity index (χ0v) is 12.2. The first-order valence-corrected chi connectivity index (χ1v) is 6.86. The van der Waals surface area contributed by atoms with Crippen LogP contribution >= 0.6 is 0 Å². The first-order valence-electron chi connectivity index (χ1n) is 6.86. The van der Waals surface area contributed by atoms with Gasteiger partial charge in [0.15, 0.2) is 0 Å². The maximum atomic E-state index is 13.9. The Morgan fingerprint density at radius 2 is 2.04 bits per heavy atom. The molecule has 0 aromatic heterocycles. The van der Waals surface area contributed by atoms with Gasteiger partial charge in [-0.15, -0.1) is 0 Å². The van der Waals surface area contributed by atoms with Crippen LogP contribution in [0.25, 0.3) is 0 Å². The van der Waals surface area contributed by atoms with Gasteiger partial charge in [-0.25, -0.2) is 8.78 Å². The smallest absolute Gasteiger partial charge is 0.293 e. The van der Waals surface area contributed by atoms with Crippen LogP contribution in [-0.2, 0) is 0 Å². The molecule has 0 saturated carbocycles. The fourth-order valence-corrected chi connectivity index (χ4v) is 2.24. The number of hydrogen-bond acceptors (Lipinski definition) is 4. The second kappa shape index (κ2) is 6.83. The Hall–Kier alpha value is -3.01. The first kappa shape index (κ1) is 16.4. The Labute approximate surface area is 131 Å². The predicted octanol–water partition coefficient (Wildman–Crippen LogP) is 4.31. The van der Waals surface area contributed by atoms with Gasteiger partial charge in [-0.05, 0) is 36.8 Å². The molecule has 0 bridgehead atoms. The molecule has 0 amide bonds. The Kier molecular flexibility index (Phi) is 4.86. The van der Waals surface area contributed by atoms with Gasteiger partial charge in [0.25, 0.3) is 5.69 Å².